The lowest BCUT2D eigenvalue weighted by Gasteiger charge is -2.14. The number of hydrogen-bond acceptors (Lipinski definition) is 1. The highest BCUT2D eigenvalue weighted by Gasteiger charge is 2.52. The third-order valence-corrected chi connectivity index (χ3v) is 3.77. The van der Waals surface area contributed by atoms with Gasteiger partial charge in [0.05, 0.1) is 0 Å². The lowest BCUT2D eigenvalue weighted by atomic mass is 10.0. The van der Waals surface area contributed by atoms with Gasteiger partial charge in [-0.2, -0.15) is 0 Å². The molecule has 0 aromatic rings. The molecule has 0 spiro atoms. The normalized spacial score (nSPS) is 24.7. The zero-order chi connectivity index (χ0) is 9.15. The summed E-state index contributed by atoms with van der Waals surface area (Å²) in [6.45, 7) is 4.84. The Morgan fingerprint density at radius 2 is 2.00 bits per heavy atom. The molecular weight excluding hydrogens is 158 g/mol. The Morgan fingerprint density at radius 3 is 2.54 bits per heavy atom. The molecule has 1 N–H and O–H groups in total. The van der Waals surface area contributed by atoms with E-state index in [9.17, 15) is 0 Å². The van der Waals surface area contributed by atoms with Crippen LogP contribution < -0.4 is 5.32 Å². The molecule has 0 radical (unpaired) electrons. The first-order chi connectivity index (χ1) is 6.37. The summed E-state index contributed by atoms with van der Waals surface area (Å²) in [5, 5.41) is 3.64. The highest BCUT2D eigenvalue weighted by atomic mass is 14.9. The van der Waals surface area contributed by atoms with Crippen LogP contribution in [0.1, 0.15) is 51.9 Å². The van der Waals surface area contributed by atoms with Crippen molar-refractivity contribution in [2.45, 2.75) is 51.9 Å². The smallest absolute Gasteiger partial charge is 0.00105 e. The van der Waals surface area contributed by atoms with Gasteiger partial charge in [-0.15, -0.1) is 0 Å². The molecule has 0 atom stereocenters. The Hall–Kier alpha value is -0.0400. The van der Waals surface area contributed by atoms with Gasteiger partial charge in [0.25, 0.3) is 0 Å². The molecular formula is C12H23N. The van der Waals surface area contributed by atoms with Crippen LogP contribution in [0.2, 0.25) is 0 Å². The molecule has 1 heteroatoms. The van der Waals surface area contributed by atoms with Gasteiger partial charge in [-0.25, -0.2) is 0 Å². The maximum atomic E-state index is 3.64. The van der Waals surface area contributed by atoms with E-state index in [1.54, 1.807) is 0 Å². The van der Waals surface area contributed by atoms with Crippen molar-refractivity contribution in [3.05, 3.63) is 0 Å². The molecule has 1 nitrogen and oxygen atoms in total. The Kier molecular flexibility index (Phi) is 2.92. The minimum absolute atomic E-state index is 0.798. The zero-order valence-electron chi connectivity index (χ0n) is 8.94. The van der Waals surface area contributed by atoms with Gasteiger partial charge in [-0.1, -0.05) is 19.8 Å². The van der Waals surface area contributed by atoms with E-state index in [-0.39, 0.29) is 0 Å². The molecule has 2 saturated carbocycles. The van der Waals surface area contributed by atoms with E-state index >= 15 is 0 Å². The number of rotatable bonds is 7. The van der Waals surface area contributed by atoms with Crippen LogP contribution in [-0.2, 0) is 0 Å². The Balaban J connectivity index is 1.52. The fourth-order valence-corrected chi connectivity index (χ4v) is 2.42. The summed E-state index contributed by atoms with van der Waals surface area (Å²) < 4.78 is 0. The highest BCUT2D eigenvalue weighted by molar-refractivity contribution is 5.04. The van der Waals surface area contributed by atoms with Crippen LogP contribution in [0.25, 0.3) is 0 Å². The molecule has 2 aliphatic carbocycles. The maximum Gasteiger partial charge on any atom is 0.00105 e. The van der Waals surface area contributed by atoms with Crippen LogP contribution in [-0.4, -0.2) is 13.1 Å². The summed E-state index contributed by atoms with van der Waals surface area (Å²) >= 11 is 0. The fraction of sp³-hybridized carbons (Fsp3) is 1.00. The minimum Gasteiger partial charge on any atom is -0.316 e. The van der Waals surface area contributed by atoms with E-state index < -0.39 is 0 Å². The first kappa shape index (κ1) is 9.51. The molecule has 2 fully saturated rings. The van der Waals surface area contributed by atoms with Gasteiger partial charge in [0, 0.05) is 6.54 Å². The van der Waals surface area contributed by atoms with Crippen molar-refractivity contribution in [1.29, 1.82) is 0 Å². The van der Waals surface area contributed by atoms with E-state index in [1.165, 1.54) is 58.0 Å². The molecule has 13 heavy (non-hydrogen) atoms. The Morgan fingerprint density at radius 1 is 1.23 bits per heavy atom. The van der Waals surface area contributed by atoms with Gasteiger partial charge in [0.15, 0.2) is 0 Å². The Bertz CT molecular complexity index is 157. The molecule has 0 bridgehead atoms. The van der Waals surface area contributed by atoms with E-state index in [1.807, 2.05) is 0 Å². The minimum atomic E-state index is 0.798. The lowest BCUT2D eigenvalue weighted by molar-refractivity contribution is 0.401. The molecule has 0 aliphatic heterocycles. The number of hydrogen-bond donors (Lipinski definition) is 1. The molecule has 2 aliphatic rings. The average Bonchev–Trinajstić information content (AvgIpc) is 2.98. The van der Waals surface area contributed by atoms with Gasteiger partial charge in [0.1, 0.15) is 0 Å². The first-order valence-corrected chi connectivity index (χ1v) is 6.08. The molecule has 0 aromatic heterocycles. The summed E-state index contributed by atoms with van der Waals surface area (Å²) in [6, 6.07) is 0. The standard InChI is InChI=1S/C12H23N/c1-2-3-4-9-13-10-12(7-8-12)11-5-6-11/h11,13H,2-10H2,1H3. The molecule has 0 aromatic carbocycles. The van der Waals surface area contributed by atoms with Crippen LogP contribution >= 0.6 is 0 Å². The topological polar surface area (TPSA) is 12.0 Å². The van der Waals surface area contributed by atoms with E-state index in [2.05, 4.69) is 12.2 Å². The molecule has 0 amide bonds. The van der Waals surface area contributed by atoms with Crippen molar-refractivity contribution in [2.24, 2.45) is 11.3 Å². The van der Waals surface area contributed by atoms with Crippen molar-refractivity contribution < 1.29 is 0 Å². The zero-order valence-corrected chi connectivity index (χ0v) is 8.94. The van der Waals surface area contributed by atoms with Crippen molar-refractivity contribution in [3.63, 3.8) is 0 Å². The monoisotopic (exact) mass is 181 g/mol. The van der Waals surface area contributed by atoms with Crippen molar-refractivity contribution >= 4 is 0 Å². The lowest BCUT2D eigenvalue weighted by Crippen LogP contribution is -2.26. The molecule has 76 valence electrons. The summed E-state index contributed by atoms with van der Waals surface area (Å²) in [7, 11) is 0. The second-order valence-electron chi connectivity index (χ2n) is 5.02. The summed E-state index contributed by atoms with van der Waals surface area (Å²) in [6.07, 6.45) is 10.2. The fourth-order valence-electron chi connectivity index (χ4n) is 2.42. The third kappa shape index (κ3) is 2.46. The SMILES string of the molecule is CCCCCNCC1(C2CC2)CC1. The van der Waals surface area contributed by atoms with Crippen LogP contribution in [0.4, 0.5) is 0 Å². The van der Waals surface area contributed by atoms with E-state index in [0.717, 1.165) is 11.3 Å². The Labute approximate surface area is 82.3 Å². The van der Waals surface area contributed by atoms with Crippen molar-refractivity contribution in [2.75, 3.05) is 13.1 Å². The summed E-state index contributed by atoms with van der Waals surface area (Å²) in [4.78, 5) is 0. The third-order valence-electron chi connectivity index (χ3n) is 3.77. The number of unbranched alkanes of at least 4 members (excludes halogenated alkanes) is 2. The van der Waals surface area contributed by atoms with E-state index in [4.69, 9.17) is 0 Å². The van der Waals surface area contributed by atoms with Crippen LogP contribution in [0.15, 0.2) is 0 Å². The van der Waals surface area contributed by atoms with Crippen LogP contribution in [0, 0.1) is 11.3 Å². The van der Waals surface area contributed by atoms with E-state index in [0.29, 0.717) is 0 Å². The van der Waals surface area contributed by atoms with Gasteiger partial charge in [-0.05, 0) is 50.0 Å². The predicted molar refractivity (Wildman–Crippen MR) is 56.8 cm³/mol. The van der Waals surface area contributed by atoms with Crippen molar-refractivity contribution in [3.8, 4) is 0 Å². The molecule has 0 saturated heterocycles. The van der Waals surface area contributed by atoms with Gasteiger partial charge < -0.3 is 5.32 Å². The maximum absolute atomic E-state index is 3.64. The molecule has 0 unspecified atom stereocenters. The van der Waals surface area contributed by atoms with Crippen LogP contribution in [0.5, 0.6) is 0 Å². The average molecular weight is 181 g/mol. The van der Waals surface area contributed by atoms with Gasteiger partial charge in [0.2, 0.25) is 0 Å². The summed E-state index contributed by atoms with van der Waals surface area (Å²) in [5.41, 5.74) is 0.798. The second kappa shape index (κ2) is 4.00. The highest BCUT2D eigenvalue weighted by Crippen LogP contribution is 2.60. The largest absolute Gasteiger partial charge is 0.316 e. The quantitative estimate of drug-likeness (QED) is 0.595. The van der Waals surface area contributed by atoms with Gasteiger partial charge in [-0.3, -0.25) is 0 Å². The molecule has 0 heterocycles. The summed E-state index contributed by atoms with van der Waals surface area (Å²) in [5.74, 6) is 1.12. The second-order valence-corrected chi connectivity index (χ2v) is 5.02. The van der Waals surface area contributed by atoms with Gasteiger partial charge >= 0.3 is 0 Å². The first-order valence-electron chi connectivity index (χ1n) is 6.08. The molecule has 2 rings (SSSR count). The van der Waals surface area contributed by atoms with Crippen LogP contribution in [0.3, 0.4) is 0 Å². The van der Waals surface area contributed by atoms with Crippen molar-refractivity contribution in [1.82, 2.24) is 5.32 Å². The number of nitrogens with one attached hydrogen (secondary N) is 1. The predicted octanol–water partition coefficient (Wildman–Crippen LogP) is 2.96.